The van der Waals surface area contributed by atoms with Gasteiger partial charge in [-0.2, -0.15) is 17.5 Å². The summed E-state index contributed by atoms with van der Waals surface area (Å²) in [7, 11) is -7.49. The number of rotatable bonds is 5. The van der Waals surface area contributed by atoms with E-state index in [-0.39, 0.29) is 30.2 Å². The lowest BCUT2D eigenvalue weighted by Gasteiger charge is -2.29. The third-order valence-corrected chi connectivity index (χ3v) is 7.20. The molecule has 0 radical (unpaired) electrons. The zero-order valence-electron chi connectivity index (χ0n) is 10.4. The van der Waals surface area contributed by atoms with E-state index in [0.717, 1.165) is 0 Å². The minimum atomic E-state index is -4.67. The Bertz CT molecular complexity index is 518. The monoisotopic (exact) mass is 357 g/mol. The smallest absolute Gasteiger partial charge is 0.229 e. The fourth-order valence-corrected chi connectivity index (χ4v) is 5.99. The van der Waals surface area contributed by atoms with Crippen molar-refractivity contribution in [3.05, 3.63) is 0 Å². The molecule has 5 nitrogen and oxygen atoms in total. The van der Waals surface area contributed by atoms with Gasteiger partial charge < -0.3 is 0 Å². The zero-order valence-corrected chi connectivity index (χ0v) is 12.8. The second kappa shape index (κ2) is 6.37. The summed E-state index contributed by atoms with van der Waals surface area (Å²) in [6, 6.07) is 0. The lowest BCUT2D eigenvalue weighted by atomic mass is 10.2. The number of sulfone groups is 1. The molecule has 1 heterocycles. The predicted molar refractivity (Wildman–Crippen MR) is 68.9 cm³/mol. The fraction of sp³-hybridized carbons (Fsp3) is 1.00. The minimum Gasteiger partial charge on any atom is -0.229 e. The van der Waals surface area contributed by atoms with Gasteiger partial charge in [-0.1, -0.05) is 0 Å². The minimum absolute atomic E-state index is 0.179. The zero-order chi connectivity index (χ0) is 15.6. The van der Waals surface area contributed by atoms with Crippen LogP contribution < -0.4 is 0 Å². The first-order chi connectivity index (χ1) is 8.98. The number of sulfonamides is 1. The Morgan fingerprint density at radius 1 is 1.20 bits per heavy atom. The average molecular weight is 358 g/mol. The van der Waals surface area contributed by atoms with Gasteiger partial charge in [0, 0.05) is 12.4 Å². The molecule has 120 valence electrons. The van der Waals surface area contributed by atoms with Crippen LogP contribution in [-0.2, 0) is 19.9 Å². The third kappa shape index (κ3) is 5.05. The molecule has 0 unspecified atom stereocenters. The lowest BCUT2D eigenvalue weighted by molar-refractivity contribution is -0.135. The Balaban J connectivity index is 2.88. The maximum absolute atomic E-state index is 12.4. The van der Waals surface area contributed by atoms with Crippen molar-refractivity contribution in [2.45, 2.75) is 24.3 Å². The van der Waals surface area contributed by atoms with Crippen LogP contribution in [0.15, 0.2) is 0 Å². The topological polar surface area (TPSA) is 71.5 Å². The molecule has 0 aromatic heterocycles. The van der Waals surface area contributed by atoms with Crippen LogP contribution in [0.5, 0.6) is 0 Å². The molecule has 0 aliphatic carbocycles. The maximum Gasteiger partial charge on any atom is 0.402 e. The summed E-state index contributed by atoms with van der Waals surface area (Å²) in [6.07, 6.45) is -5.03. The van der Waals surface area contributed by atoms with Crippen molar-refractivity contribution in [3.8, 4) is 0 Å². The number of hydrogen-bond acceptors (Lipinski definition) is 4. The van der Waals surface area contributed by atoms with E-state index in [0.29, 0.717) is 4.31 Å². The molecule has 1 rings (SSSR count). The molecule has 0 spiro atoms. The Kier molecular flexibility index (Phi) is 5.73. The second-order valence-corrected chi connectivity index (χ2v) is 9.43. The van der Waals surface area contributed by atoms with Crippen molar-refractivity contribution in [3.63, 3.8) is 0 Å². The standard InChI is InChI=1S/C9H15ClF3NO4S2/c10-3-4-14(7-9(11,12)13)20(17,18)8-1-5-19(15,16)6-2-8/h8H,1-7H2. The van der Waals surface area contributed by atoms with Crippen molar-refractivity contribution in [2.75, 3.05) is 30.5 Å². The molecule has 1 aliphatic rings. The molecule has 1 fully saturated rings. The van der Waals surface area contributed by atoms with Crippen LogP contribution in [0.1, 0.15) is 12.8 Å². The van der Waals surface area contributed by atoms with Crippen molar-refractivity contribution >= 4 is 31.5 Å². The largest absolute Gasteiger partial charge is 0.402 e. The molecule has 20 heavy (non-hydrogen) atoms. The van der Waals surface area contributed by atoms with E-state index in [2.05, 4.69) is 0 Å². The summed E-state index contributed by atoms with van der Waals surface area (Å²) in [5.41, 5.74) is 0. The highest BCUT2D eigenvalue weighted by molar-refractivity contribution is 7.92. The summed E-state index contributed by atoms with van der Waals surface area (Å²) in [4.78, 5) is 0. The first kappa shape index (κ1) is 18.0. The molecule has 0 atom stereocenters. The van der Waals surface area contributed by atoms with Gasteiger partial charge in [0.05, 0.1) is 16.8 Å². The van der Waals surface area contributed by atoms with Gasteiger partial charge in [0.15, 0.2) is 0 Å². The Morgan fingerprint density at radius 2 is 1.70 bits per heavy atom. The first-order valence-corrected chi connectivity index (χ1v) is 9.66. The van der Waals surface area contributed by atoms with E-state index in [1.807, 2.05) is 0 Å². The van der Waals surface area contributed by atoms with E-state index in [4.69, 9.17) is 11.6 Å². The molecule has 11 heteroatoms. The van der Waals surface area contributed by atoms with Crippen molar-refractivity contribution in [2.24, 2.45) is 0 Å². The van der Waals surface area contributed by atoms with Crippen LogP contribution in [0.2, 0.25) is 0 Å². The van der Waals surface area contributed by atoms with Crippen LogP contribution in [0.3, 0.4) is 0 Å². The summed E-state index contributed by atoms with van der Waals surface area (Å²) >= 11 is 5.35. The van der Waals surface area contributed by atoms with Gasteiger partial charge in [0.25, 0.3) is 0 Å². The molecule has 1 saturated heterocycles. The van der Waals surface area contributed by atoms with Crippen LogP contribution in [0.4, 0.5) is 13.2 Å². The summed E-state index contributed by atoms with van der Waals surface area (Å²) in [5.74, 6) is -0.907. The van der Waals surface area contributed by atoms with Crippen molar-refractivity contribution in [1.82, 2.24) is 4.31 Å². The first-order valence-electron chi connectivity index (χ1n) is 5.80. The second-order valence-electron chi connectivity index (χ2n) is 4.53. The number of alkyl halides is 4. The van der Waals surface area contributed by atoms with E-state index >= 15 is 0 Å². The SMILES string of the molecule is O=S1(=O)CCC(S(=O)(=O)N(CCCl)CC(F)(F)F)CC1. The van der Waals surface area contributed by atoms with Gasteiger partial charge in [-0.3, -0.25) is 0 Å². The highest BCUT2D eigenvalue weighted by atomic mass is 35.5. The molecular formula is C9H15ClF3NO4S2. The molecule has 0 aromatic carbocycles. The number of nitrogens with zero attached hydrogens (tertiary/aromatic N) is 1. The van der Waals surface area contributed by atoms with Gasteiger partial charge >= 0.3 is 6.18 Å². The normalized spacial score (nSPS) is 21.2. The number of halogens is 4. The van der Waals surface area contributed by atoms with E-state index in [1.54, 1.807) is 0 Å². The number of hydrogen-bond donors (Lipinski definition) is 0. The highest BCUT2D eigenvalue weighted by Gasteiger charge is 2.41. The molecule has 0 N–H and O–H groups in total. The summed E-state index contributed by atoms with van der Waals surface area (Å²) in [6.45, 7) is -2.06. The highest BCUT2D eigenvalue weighted by Crippen LogP contribution is 2.25. The molecule has 0 saturated carbocycles. The van der Waals surface area contributed by atoms with E-state index in [1.165, 1.54) is 0 Å². The quantitative estimate of drug-likeness (QED) is 0.688. The molecule has 0 aromatic rings. The van der Waals surface area contributed by atoms with Crippen LogP contribution >= 0.6 is 11.6 Å². The molecular weight excluding hydrogens is 343 g/mol. The van der Waals surface area contributed by atoms with E-state index in [9.17, 15) is 30.0 Å². The third-order valence-electron chi connectivity index (χ3n) is 2.97. The van der Waals surface area contributed by atoms with Gasteiger partial charge in [0.1, 0.15) is 16.4 Å². The average Bonchev–Trinajstić information content (AvgIpc) is 2.26. The van der Waals surface area contributed by atoms with Crippen LogP contribution in [0, 0.1) is 0 Å². The van der Waals surface area contributed by atoms with E-state index < -0.39 is 44.4 Å². The maximum atomic E-state index is 12.4. The molecule has 0 amide bonds. The Morgan fingerprint density at radius 3 is 2.10 bits per heavy atom. The van der Waals surface area contributed by atoms with Gasteiger partial charge in [-0.25, -0.2) is 16.8 Å². The molecule has 0 bridgehead atoms. The van der Waals surface area contributed by atoms with Gasteiger partial charge in [-0.15, -0.1) is 11.6 Å². The fourth-order valence-electron chi connectivity index (χ4n) is 1.97. The van der Waals surface area contributed by atoms with Crippen LogP contribution in [-0.4, -0.2) is 63.0 Å². The van der Waals surface area contributed by atoms with Gasteiger partial charge in [-0.05, 0) is 12.8 Å². The summed E-state index contributed by atoms with van der Waals surface area (Å²) in [5, 5.41) is -1.10. The van der Waals surface area contributed by atoms with Crippen LogP contribution in [0.25, 0.3) is 0 Å². The molecule has 1 aliphatic heterocycles. The Labute approximate surface area is 121 Å². The van der Waals surface area contributed by atoms with Crippen molar-refractivity contribution in [1.29, 1.82) is 0 Å². The van der Waals surface area contributed by atoms with Gasteiger partial charge in [0.2, 0.25) is 10.0 Å². The lowest BCUT2D eigenvalue weighted by Crippen LogP contribution is -2.46. The summed E-state index contributed by atoms with van der Waals surface area (Å²) < 4.78 is 84.3. The van der Waals surface area contributed by atoms with Crippen molar-refractivity contribution < 1.29 is 30.0 Å². The Hall–Kier alpha value is -0.0600. The predicted octanol–water partition coefficient (Wildman–Crippen LogP) is 0.997.